The predicted molar refractivity (Wildman–Crippen MR) is 55.6 cm³/mol. The average Bonchev–Trinajstić information content (AvgIpc) is 2.74. The molecule has 0 amide bonds. The molecule has 78 valence electrons. The summed E-state index contributed by atoms with van der Waals surface area (Å²) in [5.41, 5.74) is 0.888. The van der Waals surface area contributed by atoms with E-state index in [1.165, 1.54) is 0 Å². The van der Waals surface area contributed by atoms with E-state index in [4.69, 9.17) is 0 Å². The SMILES string of the molecule is c1cc2nnc(C3CCNCC3)n2cn1. The number of fused-ring (bicyclic) bond motifs is 1. The summed E-state index contributed by atoms with van der Waals surface area (Å²) < 4.78 is 2.00. The van der Waals surface area contributed by atoms with Gasteiger partial charge in [-0.25, -0.2) is 4.98 Å². The minimum atomic E-state index is 0.519. The zero-order valence-electron chi connectivity index (χ0n) is 8.43. The van der Waals surface area contributed by atoms with Crippen molar-refractivity contribution >= 4 is 5.65 Å². The summed E-state index contributed by atoms with van der Waals surface area (Å²) >= 11 is 0. The molecule has 1 saturated heterocycles. The number of nitrogens with one attached hydrogen (secondary N) is 1. The smallest absolute Gasteiger partial charge is 0.163 e. The molecule has 3 rings (SSSR count). The third-order valence-electron chi connectivity index (χ3n) is 2.94. The van der Waals surface area contributed by atoms with Crippen molar-refractivity contribution in [2.45, 2.75) is 18.8 Å². The van der Waals surface area contributed by atoms with Gasteiger partial charge in [0.05, 0.1) is 0 Å². The summed E-state index contributed by atoms with van der Waals surface area (Å²) in [7, 11) is 0. The van der Waals surface area contributed by atoms with Crippen LogP contribution in [-0.4, -0.2) is 32.7 Å². The maximum absolute atomic E-state index is 4.26. The van der Waals surface area contributed by atoms with E-state index in [-0.39, 0.29) is 0 Å². The van der Waals surface area contributed by atoms with Crippen LogP contribution in [0.5, 0.6) is 0 Å². The second kappa shape index (κ2) is 3.58. The Kier molecular flexibility index (Phi) is 2.10. The van der Waals surface area contributed by atoms with Gasteiger partial charge in [-0.15, -0.1) is 10.2 Å². The second-order valence-electron chi connectivity index (χ2n) is 3.89. The predicted octanol–water partition coefficient (Wildman–Crippen LogP) is 0.591. The quantitative estimate of drug-likeness (QED) is 0.737. The largest absolute Gasteiger partial charge is 0.317 e. The lowest BCUT2D eigenvalue weighted by molar-refractivity contribution is 0.442. The van der Waals surface area contributed by atoms with Gasteiger partial charge in [0, 0.05) is 18.2 Å². The molecule has 0 unspecified atom stereocenters. The topological polar surface area (TPSA) is 55.1 Å². The van der Waals surface area contributed by atoms with Gasteiger partial charge in [-0.1, -0.05) is 0 Å². The lowest BCUT2D eigenvalue weighted by Crippen LogP contribution is -2.27. The summed E-state index contributed by atoms with van der Waals surface area (Å²) in [5.74, 6) is 1.57. The molecule has 0 aliphatic carbocycles. The first-order valence-corrected chi connectivity index (χ1v) is 5.30. The van der Waals surface area contributed by atoms with Crippen LogP contribution in [0.2, 0.25) is 0 Å². The van der Waals surface area contributed by atoms with Crippen molar-refractivity contribution in [2.24, 2.45) is 0 Å². The first-order chi connectivity index (χ1) is 7.45. The van der Waals surface area contributed by atoms with Crippen LogP contribution in [0.1, 0.15) is 24.6 Å². The van der Waals surface area contributed by atoms with E-state index in [9.17, 15) is 0 Å². The van der Waals surface area contributed by atoms with Crippen LogP contribution in [0.15, 0.2) is 18.6 Å². The van der Waals surface area contributed by atoms with E-state index >= 15 is 0 Å². The van der Waals surface area contributed by atoms with Crippen LogP contribution in [0.3, 0.4) is 0 Å². The molecule has 0 aromatic carbocycles. The third kappa shape index (κ3) is 1.48. The normalized spacial score (nSPS) is 18.4. The maximum atomic E-state index is 4.26. The molecule has 5 heteroatoms. The van der Waals surface area contributed by atoms with Crippen molar-refractivity contribution in [3.8, 4) is 0 Å². The second-order valence-corrected chi connectivity index (χ2v) is 3.89. The number of nitrogens with zero attached hydrogens (tertiary/aromatic N) is 4. The molecule has 0 atom stereocenters. The fraction of sp³-hybridized carbons (Fsp3) is 0.500. The Morgan fingerprint density at radius 1 is 1.27 bits per heavy atom. The molecule has 0 radical (unpaired) electrons. The fourth-order valence-corrected chi connectivity index (χ4v) is 2.12. The van der Waals surface area contributed by atoms with Crippen LogP contribution in [-0.2, 0) is 0 Å². The van der Waals surface area contributed by atoms with Crippen LogP contribution in [0.25, 0.3) is 5.65 Å². The molecule has 2 aromatic heterocycles. The lowest BCUT2D eigenvalue weighted by atomic mass is 9.97. The lowest BCUT2D eigenvalue weighted by Gasteiger charge is -2.20. The van der Waals surface area contributed by atoms with Crippen LogP contribution < -0.4 is 5.32 Å². The van der Waals surface area contributed by atoms with E-state index in [0.29, 0.717) is 5.92 Å². The van der Waals surface area contributed by atoms with Gasteiger partial charge in [-0.05, 0) is 25.9 Å². The highest BCUT2D eigenvalue weighted by Gasteiger charge is 2.20. The number of hydrogen-bond donors (Lipinski definition) is 1. The molecule has 2 aromatic rings. The van der Waals surface area contributed by atoms with Gasteiger partial charge in [0.25, 0.3) is 0 Å². The fourth-order valence-electron chi connectivity index (χ4n) is 2.12. The van der Waals surface area contributed by atoms with Gasteiger partial charge < -0.3 is 5.32 Å². The van der Waals surface area contributed by atoms with Crippen LogP contribution >= 0.6 is 0 Å². The Labute approximate surface area is 87.5 Å². The molecule has 1 N–H and O–H groups in total. The molecule has 0 saturated carbocycles. The highest BCUT2D eigenvalue weighted by molar-refractivity contribution is 5.35. The summed E-state index contributed by atoms with van der Waals surface area (Å²) in [6, 6.07) is 1.89. The average molecular weight is 203 g/mol. The molecule has 5 nitrogen and oxygen atoms in total. The first-order valence-electron chi connectivity index (χ1n) is 5.30. The van der Waals surface area contributed by atoms with E-state index in [1.54, 1.807) is 12.5 Å². The monoisotopic (exact) mass is 203 g/mol. The molecule has 0 bridgehead atoms. The molecule has 0 spiro atoms. The van der Waals surface area contributed by atoms with E-state index in [2.05, 4.69) is 20.5 Å². The summed E-state index contributed by atoms with van der Waals surface area (Å²) in [6.45, 7) is 2.14. The van der Waals surface area contributed by atoms with Gasteiger partial charge in [0.15, 0.2) is 5.65 Å². The molecule has 1 fully saturated rings. The molecule has 1 aliphatic heterocycles. The Morgan fingerprint density at radius 3 is 3.00 bits per heavy atom. The van der Waals surface area contributed by atoms with E-state index < -0.39 is 0 Å². The zero-order valence-corrected chi connectivity index (χ0v) is 8.43. The minimum Gasteiger partial charge on any atom is -0.317 e. The minimum absolute atomic E-state index is 0.519. The van der Waals surface area contributed by atoms with Crippen molar-refractivity contribution in [1.29, 1.82) is 0 Å². The van der Waals surface area contributed by atoms with Crippen molar-refractivity contribution in [3.05, 3.63) is 24.4 Å². The first kappa shape index (κ1) is 8.79. The zero-order chi connectivity index (χ0) is 10.1. The molecular weight excluding hydrogens is 190 g/mol. The number of rotatable bonds is 1. The van der Waals surface area contributed by atoms with Gasteiger partial charge >= 0.3 is 0 Å². The Hall–Kier alpha value is -1.49. The van der Waals surface area contributed by atoms with Crippen LogP contribution in [0.4, 0.5) is 0 Å². The van der Waals surface area contributed by atoms with Crippen molar-refractivity contribution in [2.75, 3.05) is 13.1 Å². The maximum Gasteiger partial charge on any atom is 0.163 e. The highest BCUT2D eigenvalue weighted by Crippen LogP contribution is 2.23. The summed E-state index contributed by atoms with van der Waals surface area (Å²) in [6.07, 6.45) is 5.81. The molecular formula is C10H13N5. The van der Waals surface area contributed by atoms with Crippen molar-refractivity contribution in [3.63, 3.8) is 0 Å². The molecule has 1 aliphatic rings. The molecule has 3 heterocycles. The number of hydrogen-bond acceptors (Lipinski definition) is 4. The summed E-state index contributed by atoms with van der Waals surface area (Å²) in [5, 5.41) is 11.8. The number of piperidine rings is 1. The number of aromatic nitrogens is 4. The van der Waals surface area contributed by atoms with Gasteiger partial charge in [0.2, 0.25) is 0 Å². The Morgan fingerprint density at radius 2 is 2.13 bits per heavy atom. The summed E-state index contributed by atoms with van der Waals surface area (Å²) in [4.78, 5) is 4.11. The Balaban J connectivity index is 2.02. The van der Waals surface area contributed by atoms with Gasteiger partial charge in [-0.2, -0.15) is 0 Å². The standard InChI is InChI=1S/C10H13N5/c1-4-11-5-2-8(1)10-14-13-9-3-6-12-7-15(9)10/h3,6-8,11H,1-2,4-5H2. The van der Waals surface area contributed by atoms with E-state index in [0.717, 1.165) is 37.4 Å². The Bertz CT molecular complexity index is 458. The van der Waals surface area contributed by atoms with Gasteiger partial charge in [0.1, 0.15) is 12.2 Å². The van der Waals surface area contributed by atoms with Crippen molar-refractivity contribution < 1.29 is 0 Å². The molecule has 15 heavy (non-hydrogen) atoms. The van der Waals surface area contributed by atoms with E-state index in [1.807, 2.05) is 10.5 Å². The van der Waals surface area contributed by atoms with Gasteiger partial charge in [-0.3, -0.25) is 4.40 Å². The van der Waals surface area contributed by atoms with Crippen LogP contribution in [0, 0.1) is 0 Å². The van der Waals surface area contributed by atoms with Crippen molar-refractivity contribution in [1.82, 2.24) is 24.9 Å². The highest BCUT2D eigenvalue weighted by atomic mass is 15.3. The third-order valence-corrected chi connectivity index (χ3v) is 2.94.